The zero-order chi connectivity index (χ0) is 14.4. The summed E-state index contributed by atoms with van der Waals surface area (Å²) in [4.78, 5) is 7.15. The number of nitrogens with two attached hydrogens (primary N) is 1. The SMILES string of the molecule is CN1C2CCC1CC(C(N)c1cccc3cccnc13)C2. The van der Waals surface area contributed by atoms with Gasteiger partial charge in [-0.2, -0.15) is 0 Å². The number of para-hydroxylation sites is 1. The summed E-state index contributed by atoms with van der Waals surface area (Å²) < 4.78 is 0. The molecule has 3 heteroatoms. The summed E-state index contributed by atoms with van der Waals surface area (Å²) in [6.07, 6.45) is 7.03. The standard InChI is InChI=1S/C18H23N3/c1-21-14-7-8-15(21)11-13(10-14)17(19)16-6-2-4-12-5-3-9-20-18(12)16/h2-6,9,13-15,17H,7-8,10-11,19H2,1H3. The van der Waals surface area contributed by atoms with Crippen molar-refractivity contribution in [3.8, 4) is 0 Å². The Morgan fingerprint density at radius 2 is 1.86 bits per heavy atom. The topological polar surface area (TPSA) is 42.1 Å². The normalized spacial score (nSPS) is 30.7. The summed E-state index contributed by atoms with van der Waals surface area (Å²) in [5.41, 5.74) is 8.98. The highest BCUT2D eigenvalue weighted by atomic mass is 15.2. The van der Waals surface area contributed by atoms with Crippen LogP contribution < -0.4 is 5.73 Å². The zero-order valence-corrected chi connectivity index (χ0v) is 12.6. The molecule has 2 fully saturated rings. The van der Waals surface area contributed by atoms with Crippen LogP contribution >= 0.6 is 0 Å². The number of rotatable bonds is 2. The fourth-order valence-electron chi connectivity index (χ4n) is 4.40. The molecule has 2 aliphatic rings. The molecule has 0 saturated carbocycles. The highest BCUT2D eigenvalue weighted by Crippen LogP contribution is 2.42. The van der Waals surface area contributed by atoms with Crippen LogP contribution in [0.5, 0.6) is 0 Å². The minimum absolute atomic E-state index is 0.111. The van der Waals surface area contributed by atoms with Crippen LogP contribution in [-0.4, -0.2) is 29.0 Å². The van der Waals surface area contributed by atoms with Crippen molar-refractivity contribution >= 4 is 10.9 Å². The van der Waals surface area contributed by atoms with Crippen LogP contribution in [-0.2, 0) is 0 Å². The molecular formula is C18H23N3. The van der Waals surface area contributed by atoms with Crippen LogP contribution in [0.2, 0.25) is 0 Å². The predicted octanol–water partition coefficient (Wildman–Crippen LogP) is 3.11. The van der Waals surface area contributed by atoms with E-state index in [1.54, 1.807) is 0 Å². The van der Waals surface area contributed by atoms with Gasteiger partial charge in [0.2, 0.25) is 0 Å². The molecule has 3 heterocycles. The Hall–Kier alpha value is -1.45. The fourth-order valence-corrected chi connectivity index (χ4v) is 4.40. The molecule has 0 aliphatic carbocycles. The second-order valence-corrected chi connectivity index (χ2v) is 6.73. The third kappa shape index (κ3) is 2.16. The second-order valence-electron chi connectivity index (χ2n) is 6.73. The van der Waals surface area contributed by atoms with Crippen LogP contribution in [0.15, 0.2) is 36.5 Å². The van der Waals surface area contributed by atoms with Crippen molar-refractivity contribution in [1.29, 1.82) is 0 Å². The van der Waals surface area contributed by atoms with Crippen molar-refractivity contribution in [1.82, 2.24) is 9.88 Å². The number of benzene rings is 1. The van der Waals surface area contributed by atoms with Gasteiger partial charge in [-0.25, -0.2) is 0 Å². The molecule has 21 heavy (non-hydrogen) atoms. The highest BCUT2D eigenvalue weighted by Gasteiger charge is 2.40. The lowest BCUT2D eigenvalue weighted by Crippen LogP contribution is -2.42. The van der Waals surface area contributed by atoms with E-state index in [4.69, 9.17) is 5.73 Å². The first-order valence-corrected chi connectivity index (χ1v) is 8.05. The van der Waals surface area contributed by atoms with Crippen LogP contribution in [0.25, 0.3) is 10.9 Å². The van der Waals surface area contributed by atoms with Gasteiger partial charge in [-0.15, -0.1) is 0 Å². The summed E-state index contributed by atoms with van der Waals surface area (Å²) in [5, 5.41) is 1.20. The summed E-state index contributed by atoms with van der Waals surface area (Å²) in [5.74, 6) is 0.589. The predicted molar refractivity (Wildman–Crippen MR) is 86.0 cm³/mol. The lowest BCUT2D eigenvalue weighted by Gasteiger charge is -2.39. The van der Waals surface area contributed by atoms with E-state index >= 15 is 0 Å². The summed E-state index contributed by atoms with van der Waals surface area (Å²) in [6, 6.07) is 12.1. The van der Waals surface area contributed by atoms with Gasteiger partial charge in [0, 0.05) is 29.7 Å². The number of fused-ring (bicyclic) bond motifs is 3. The second kappa shape index (κ2) is 5.08. The number of hydrogen-bond donors (Lipinski definition) is 1. The molecular weight excluding hydrogens is 258 g/mol. The van der Waals surface area contributed by atoms with E-state index in [1.165, 1.54) is 36.6 Å². The molecule has 3 atom stereocenters. The van der Waals surface area contributed by atoms with Crippen molar-refractivity contribution in [2.24, 2.45) is 11.7 Å². The van der Waals surface area contributed by atoms with Crippen molar-refractivity contribution < 1.29 is 0 Å². The first-order valence-electron chi connectivity index (χ1n) is 8.05. The third-order valence-electron chi connectivity index (χ3n) is 5.67. The van der Waals surface area contributed by atoms with Gasteiger partial charge in [-0.3, -0.25) is 4.98 Å². The van der Waals surface area contributed by atoms with Crippen molar-refractivity contribution in [3.63, 3.8) is 0 Å². The number of aromatic nitrogens is 1. The summed E-state index contributed by atoms with van der Waals surface area (Å²) in [7, 11) is 2.28. The van der Waals surface area contributed by atoms with Crippen molar-refractivity contribution in [2.75, 3.05) is 7.05 Å². The number of nitrogens with zero attached hydrogens (tertiary/aromatic N) is 2. The van der Waals surface area contributed by atoms with E-state index in [2.05, 4.69) is 41.2 Å². The molecule has 2 bridgehead atoms. The maximum absolute atomic E-state index is 6.67. The molecule has 4 rings (SSSR count). The molecule has 0 radical (unpaired) electrons. The number of pyridine rings is 1. The van der Waals surface area contributed by atoms with Gasteiger partial charge in [0.1, 0.15) is 0 Å². The molecule has 2 saturated heterocycles. The minimum Gasteiger partial charge on any atom is -0.324 e. The summed E-state index contributed by atoms with van der Waals surface area (Å²) in [6.45, 7) is 0. The Labute approximate surface area is 126 Å². The van der Waals surface area contributed by atoms with Gasteiger partial charge in [-0.1, -0.05) is 24.3 Å². The molecule has 1 aromatic carbocycles. The molecule has 3 nitrogen and oxygen atoms in total. The average Bonchev–Trinajstić information content (AvgIpc) is 2.75. The Balaban J connectivity index is 1.66. The number of hydrogen-bond acceptors (Lipinski definition) is 3. The van der Waals surface area contributed by atoms with Gasteiger partial charge in [0.25, 0.3) is 0 Å². The van der Waals surface area contributed by atoms with Gasteiger partial charge < -0.3 is 10.6 Å². The minimum atomic E-state index is 0.111. The Morgan fingerprint density at radius 1 is 1.14 bits per heavy atom. The van der Waals surface area contributed by atoms with Crippen molar-refractivity contribution in [2.45, 2.75) is 43.8 Å². The van der Waals surface area contributed by atoms with E-state index in [9.17, 15) is 0 Å². The van der Waals surface area contributed by atoms with Gasteiger partial charge in [-0.05, 0) is 50.3 Å². The van der Waals surface area contributed by atoms with Gasteiger partial charge in [0.05, 0.1) is 5.52 Å². The maximum atomic E-state index is 6.67. The largest absolute Gasteiger partial charge is 0.324 e. The molecule has 0 amide bonds. The lowest BCUT2D eigenvalue weighted by atomic mass is 9.82. The van der Waals surface area contributed by atoms with Crippen LogP contribution in [0.1, 0.15) is 37.3 Å². The Kier molecular flexibility index (Phi) is 3.20. The quantitative estimate of drug-likeness (QED) is 0.919. The fraction of sp³-hybridized carbons (Fsp3) is 0.500. The maximum Gasteiger partial charge on any atom is 0.0749 e. The molecule has 110 valence electrons. The van der Waals surface area contributed by atoms with Crippen molar-refractivity contribution in [3.05, 3.63) is 42.1 Å². The lowest BCUT2D eigenvalue weighted by molar-refractivity contribution is 0.121. The number of piperidine rings is 1. The molecule has 0 spiro atoms. The highest BCUT2D eigenvalue weighted by molar-refractivity contribution is 5.82. The van der Waals surface area contributed by atoms with E-state index < -0.39 is 0 Å². The first-order chi connectivity index (χ1) is 10.2. The monoisotopic (exact) mass is 281 g/mol. The molecule has 3 unspecified atom stereocenters. The Bertz CT molecular complexity index is 634. The molecule has 2 N–H and O–H groups in total. The van der Waals surface area contributed by atoms with Crippen LogP contribution in [0, 0.1) is 5.92 Å². The van der Waals surface area contributed by atoms with Crippen LogP contribution in [0.4, 0.5) is 0 Å². The van der Waals surface area contributed by atoms with E-state index in [0.717, 1.165) is 17.6 Å². The third-order valence-corrected chi connectivity index (χ3v) is 5.67. The molecule has 2 aliphatic heterocycles. The smallest absolute Gasteiger partial charge is 0.0749 e. The van der Waals surface area contributed by atoms with Crippen LogP contribution in [0.3, 0.4) is 0 Å². The summed E-state index contributed by atoms with van der Waals surface area (Å²) >= 11 is 0. The zero-order valence-electron chi connectivity index (χ0n) is 12.6. The Morgan fingerprint density at radius 3 is 2.62 bits per heavy atom. The van der Waals surface area contributed by atoms with Gasteiger partial charge in [0.15, 0.2) is 0 Å². The molecule has 2 aromatic rings. The van der Waals surface area contributed by atoms with Gasteiger partial charge >= 0.3 is 0 Å². The van der Waals surface area contributed by atoms with E-state index in [1.807, 2.05) is 12.3 Å². The molecule has 1 aromatic heterocycles. The van der Waals surface area contributed by atoms with E-state index in [-0.39, 0.29) is 6.04 Å². The average molecular weight is 281 g/mol. The van der Waals surface area contributed by atoms with E-state index in [0.29, 0.717) is 5.92 Å². The first kappa shape index (κ1) is 13.2.